The fraction of sp³-hybridized carbons (Fsp3) is 0.273. The van der Waals surface area contributed by atoms with E-state index in [0.29, 0.717) is 24.6 Å². The second kappa shape index (κ2) is 5.80. The van der Waals surface area contributed by atoms with E-state index in [1.165, 1.54) is 12.3 Å². The highest BCUT2D eigenvalue weighted by Crippen LogP contribution is 2.24. The van der Waals surface area contributed by atoms with E-state index in [1.54, 1.807) is 12.1 Å². The monoisotopic (exact) mass is 263 g/mol. The van der Waals surface area contributed by atoms with Crippen molar-refractivity contribution in [3.8, 4) is 0 Å². The smallest absolute Gasteiger partial charge is 0.311 e. The zero-order chi connectivity index (χ0) is 13.7. The molecule has 0 saturated carbocycles. The lowest BCUT2D eigenvalue weighted by molar-refractivity contribution is -0.384. The van der Waals surface area contributed by atoms with Crippen molar-refractivity contribution < 1.29 is 9.45 Å². The van der Waals surface area contributed by atoms with Crippen molar-refractivity contribution in [2.24, 2.45) is 0 Å². The number of hydrogen-bond donors (Lipinski definition) is 2. The third-order valence-electron chi connectivity index (χ3n) is 2.36. The van der Waals surface area contributed by atoms with E-state index in [2.05, 4.69) is 25.3 Å². The highest BCUT2D eigenvalue weighted by Gasteiger charge is 2.16. The van der Waals surface area contributed by atoms with Gasteiger partial charge in [-0.3, -0.25) is 10.1 Å². The van der Waals surface area contributed by atoms with E-state index in [9.17, 15) is 10.1 Å². The Kier molecular flexibility index (Phi) is 3.91. The van der Waals surface area contributed by atoms with Gasteiger partial charge in [0.15, 0.2) is 0 Å². The Bertz CT molecular complexity index is 555. The van der Waals surface area contributed by atoms with Gasteiger partial charge in [-0.1, -0.05) is 5.16 Å². The molecule has 2 aromatic heterocycles. The number of anilines is 2. The first kappa shape index (κ1) is 12.8. The molecule has 2 heterocycles. The van der Waals surface area contributed by atoms with Crippen LogP contribution in [0.1, 0.15) is 12.6 Å². The van der Waals surface area contributed by atoms with Crippen LogP contribution in [0.15, 0.2) is 29.0 Å². The zero-order valence-electron chi connectivity index (χ0n) is 10.3. The number of hydrogen-bond acceptors (Lipinski definition) is 7. The molecule has 0 radical (unpaired) electrons. The Morgan fingerprint density at radius 3 is 2.84 bits per heavy atom. The van der Waals surface area contributed by atoms with Gasteiger partial charge >= 0.3 is 5.69 Å². The summed E-state index contributed by atoms with van der Waals surface area (Å²) >= 11 is 0. The SMILES string of the molecule is CCNc1ccc([N+](=O)[O-])c(NCc2ccon2)n1. The summed E-state index contributed by atoms with van der Waals surface area (Å²) in [6.45, 7) is 2.92. The van der Waals surface area contributed by atoms with Gasteiger partial charge in [0.25, 0.3) is 0 Å². The first-order valence-corrected chi connectivity index (χ1v) is 5.73. The summed E-state index contributed by atoms with van der Waals surface area (Å²) in [5.74, 6) is 0.780. The summed E-state index contributed by atoms with van der Waals surface area (Å²) in [7, 11) is 0. The predicted octanol–water partition coefficient (Wildman–Crippen LogP) is 2.02. The molecule has 8 nitrogen and oxygen atoms in total. The minimum absolute atomic E-state index is 0.0786. The van der Waals surface area contributed by atoms with Crippen LogP contribution in [0.3, 0.4) is 0 Å². The van der Waals surface area contributed by atoms with Crippen molar-refractivity contribution >= 4 is 17.3 Å². The topological polar surface area (TPSA) is 106 Å². The van der Waals surface area contributed by atoms with E-state index in [1.807, 2.05) is 6.92 Å². The standard InChI is InChI=1S/C11H13N5O3/c1-2-12-10-4-3-9(16(17)18)11(14-10)13-7-8-5-6-19-15-8/h3-6H,2,7H2,1H3,(H2,12,13,14). The average molecular weight is 263 g/mol. The molecule has 0 aliphatic carbocycles. The normalized spacial score (nSPS) is 10.2. The van der Waals surface area contributed by atoms with Crippen LogP contribution in [-0.4, -0.2) is 21.6 Å². The number of pyridine rings is 1. The molecule has 8 heteroatoms. The van der Waals surface area contributed by atoms with Crippen LogP contribution in [-0.2, 0) is 6.54 Å². The summed E-state index contributed by atoms with van der Waals surface area (Å²) < 4.78 is 4.69. The molecule has 0 spiro atoms. The van der Waals surface area contributed by atoms with E-state index < -0.39 is 4.92 Å². The third-order valence-corrected chi connectivity index (χ3v) is 2.36. The Labute approximate surface area is 109 Å². The number of aromatic nitrogens is 2. The molecule has 0 aliphatic heterocycles. The van der Waals surface area contributed by atoms with Gasteiger partial charge < -0.3 is 15.2 Å². The number of nitrogens with one attached hydrogen (secondary N) is 2. The van der Waals surface area contributed by atoms with Crippen molar-refractivity contribution in [2.45, 2.75) is 13.5 Å². The van der Waals surface area contributed by atoms with Crippen LogP contribution in [0.5, 0.6) is 0 Å². The van der Waals surface area contributed by atoms with E-state index in [-0.39, 0.29) is 11.5 Å². The summed E-state index contributed by atoms with van der Waals surface area (Å²) in [5, 5.41) is 20.5. The van der Waals surface area contributed by atoms with Crippen LogP contribution in [0.25, 0.3) is 0 Å². The lowest BCUT2D eigenvalue weighted by Crippen LogP contribution is -2.07. The van der Waals surface area contributed by atoms with Crippen LogP contribution in [0.2, 0.25) is 0 Å². The van der Waals surface area contributed by atoms with Gasteiger partial charge in [0.2, 0.25) is 5.82 Å². The quantitative estimate of drug-likeness (QED) is 0.606. The first-order valence-electron chi connectivity index (χ1n) is 5.73. The molecule has 2 N–H and O–H groups in total. The molecule has 0 atom stereocenters. The third kappa shape index (κ3) is 3.18. The minimum atomic E-state index is -0.478. The van der Waals surface area contributed by atoms with Crippen molar-refractivity contribution in [2.75, 3.05) is 17.2 Å². The van der Waals surface area contributed by atoms with E-state index in [0.717, 1.165) is 0 Å². The van der Waals surface area contributed by atoms with Crippen LogP contribution in [0.4, 0.5) is 17.3 Å². The van der Waals surface area contributed by atoms with E-state index >= 15 is 0 Å². The number of rotatable bonds is 6. The van der Waals surface area contributed by atoms with E-state index in [4.69, 9.17) is 0 Å². The van der Waals surface area contributed by atoms with Crippen molar-refractivity contribution in [1.82, 2.24) is 10.1 Å². The largest absolute Gasteiger partial charge is 0.370 e. The summed E-state index contributed by atoms with van der Waals surface area (Å²) in [6, 6.07) is 4.66. The lowest BCUT2D eigenvalue weighted by atomic mass is 10.3. The number of nitrogens with zero attached hydrogens (tertiary/aromatic N) is 3. The molecule has 0 bridgehead atoms. The highest BCUT2D eigenvalue weighted by molar-refractivity contribution is 5.60. The second-order valence-electron chi connectivity index (χ2n) is 3.70. The van der Waals surface area contributed by atoms with Gasteiger partial charge in [-0.2, -0.15) is 0 Å². The van der Waals surface area contributed by atoms with Gasteiger partial charge in [-0.05, 0) is 13.0 Å². The van der Waals surface area contributed by atoms with Crippen molar-refractivity contribution in [3.05, 3.63) is 40.3 Å². The molecule has 0 saturated heterocycles. The number of nitro groups is 1. The van der Waals surface area contributed by atoms with Crippen molar-refractivity contribution in [3.63, 3.8) is 0 Å². The molecule has 0 amide bonds. The highest BCUT2D eigenvalue weighted by atomic mass is 16.6. The van der Waals surface area contributed by atoms with Crippen LogP contribution >= 0.6 is 0 Å². The maximum atomic E-state index is 10.9. The minimum Gasteiger partial charge on any atom is -0.370 e. The average Bonchev–Trinajstić information content (AvgIpc) is 2.89. The molecular weight excluding hydrogens is 250 g/mol. The van der Waals surface area contributed by atoms with Gasteiger partial charge in [0, 0.05) is 18.7 Å². The Balaban J connectivity index is 2.19. The Hall–Kier alpha value is -2.64. The summed E-state index contributed by atoms with van der Waals surface area (Å²) in [5.41, 5.74) is 0.565. The Morgan fingerprint density at radius 1 is 1.37 bits per heavy atom. The van der Waals surface area contributed by atoms with Crippen molar-refractivity contribution in [1.29, 1.82) is 0 Å². The summed E-state index contributed by atoms with van der Waals surface area (Å²) in [4.78, 5) is 14.6. The maximum absolute atomic E-state index is 10.9. The second-order valence-corrected chi connectivity index (χ2v) is 3.70. The molecule has 2 rings (SSSR count). The molecule has 0 fully saturated rings. The van der Waals surface area contributed by atoms with Crippen LogP contribution in [0, 0.1) is 10.1 Å². The maximum Gasteiger partial charge on any atom is 0.311 e. The Morgan fingerprint density at radius 2 is 2.21 bits per heavy atom. The molecule has 19 heavy (non-hydrogen) atoms. The molecule has 2 aromatic rings. The lowest BCUT2D eigenvalue weighted by Gasteiger charge is -2.07. The fourth-order valence-corrected chi connectivity index (χ4v) is 1.51. The van der Waals surface area contributed by atoms with Crippen LogP contribution < -0.4 is 10.6 Å². The fourth-order valence-electron chi connectivity index (χ4n) is 1.51. The van der Waals surface area contributed by atoms with Gasteiger partial charge in [-0.25, -0.2) is 4.98 Å². The summed E-state index contributed by atoms with van der Waals surface area (Å²) in [6.07, 6.45) is 1.44. The predicted molar refractivity (Wildman–Crippen MR) is 68.9 cm³/mol. The van der Waals surface area contributed by atoms with Gasteiger partial charge in [0.05, 0.1) is 11.5 Å². The molecule has 0 aromatic carbocycles. The molecule has 0 aliphatic rings. The van der Waals surface area contributed by atoms with Gasteiger partial charge in [0.1, 0.15) is 17.8 Å². The van der Waals surface area contributed by atoms with Gasteiger partial charge in [-0.15, -0.1) is 0 Å². The molecular formula is C11H13N5O3. The first-order chi connectivity index (χ1) is 9.20. The molecule has 100 valence electrons. The zero-order valence-corrected chi connectivity index (χ0v) is 10.3. The molecule has 0 unspecified atom stereocenters.